The van der Waals surface area contributed by atoms with Gasteiger partial charge in [0.15, 0.2) is 5.25 Å². The molecular formula is C20H37NaO7S. The molecule has 0 radical (unpaired) electrons. The summed E-state index contributed by atoms with van der Waals surface area (Å²) >= 11 is 0. The molecule has 0 aliphatic heterocycles. The molecule has 0 amide bonds. The van der Waals surface area contributed by atoms with Gasteiger partial charge in [0.25, 0.3) is 0 Å². The van der Waals surface area contributed by atoms with Crippen LogP contribution in [0.1, 0.15) is 85.5 Å². The molecule has 0 fully saturated rings. The van der Waals surface area contributed by atoms with Gasteiger partial charge >= 0.3 is 41.5 Å². The van der Waals surface area contributed by atoms with Gasteiger partial charge in [-0.15, -0.1) is 0 Å². The summed E-state index contributed by atoms with van der Waals surface area (Å²) in [7, 11) is -5.01. The second-order valence-electron chi connectivity index (χ2n) is 7.33. The third-order valence-electron chi connectivity index (χ3n) is 4.99. The Labute approximate surface area is 198 Å². The van der Waals surface area contributed by atoms with Crippen molar-refractivity contribution < 1.29 is 61.6 Å². The predicted octanol–water partition coefficient (Wildman–Crippen LogP) is 0.814. The minimum absolute atomic E-state index is 0. The Morgan fingerprint density at radius 3 is 1.69 bits per heavy atom. The summed E-state index contributed by atoms with van der Waals surface area (Å²) in [5, 5.41) is -2.06. The van der Waals surface area contributed by atoms with Crippen LogP contribution in [0.3, 0.4) is 0 Å². The van der Waals surface area contributed by atoms with Crippen molar-refractivity contribution in [2.75, 3.05) is 13.2 Å². The third-order valence-corrected chi connectivity index (χ3v) is 6.05. The minimum atomic E-state index is -5.01. The van der Waals surface area contributed by atoms with Gasteiger partial charge in [-0.1, -0.05) is 66.2 Å². The zero-order valence-electron chi connectivity index (χ0n) is 18.8. The molecule has 0 aromatic carbocycles. The Kier molecular flexibility index (Phi) is 18.8. The van der Waals surface area contributed by atoms with Gasteiger partial charge in [0, 0.05) is 0 Å². The number of rotatable bonds is 16. The summed E-state index contributed by atoms with van der Waals surface area (Å²) in [5.74, 6) is -1.74. The molecule has 0 aromatic heterocycles. The van der Waals surface area contributed by atoms with Crippen molar-refractivity contribution in [1.29, 1.82) is 0 Å². The van der Waals surface area contributed by atoms with Crippen LogP contribution >= 0.6 is 0 Å². The van der Waals surface area contributed by atoms with E-state index in [-0.39, 0.29) is 54.6 Å². The molecule has 0 N–H and O–H groups in total. The number of esters is 2. The molecule has 0 aliphatic carbocycles. The van der Waals surface area contributed by atoms with Crippen molar-refractivity contribution in [3.63, 3.8) is 0 Å². The molecule has 9 heteroatoms. The number of hydrogen-bond donors (Lipinski definition) is 0. The van der Waals surface area contributed by atoms with E-state index in [9.17, 15) is 22.6 Å². The van der Waals surface area contributed by atoms with Crippen molar-refractivity contribution in [3.05, 3.63) is 0 Å². The Morgan fingerprint density at radius 1 is 0.862 bits per heavy atom. The van der Waals surface area contributed by atoms with Gasteiger partial charge in [-0.2, -0.15) is 0 Å². The first-order valence-electron chi connectivity index (χ1n) is 10.5. The summed E-state index contributed by atoms with van der Waals surface area (Å²) in [6.45, 7) is 8.26. The molecule has 0 aliphatic rings. The third kappa shape index (κ3) is 14.5. The molecule has 0 rings (SSSR count). The van der Waals surface area contributed by atoms with Crippen LogP contribution in [0.5, 0.6) is 0 Å². The van der Waals surface area contributed by atoms with Gasteiger partial charge in [-0.3, -0.25) is 9.59 Å². The van der Waals surface area contributed by atoms with Crippen LogP contribution in [0.15, 0.2) is 0 Å². The molecule has 29 heavy (non-hydrogen) atoms. The van der Waals surface area contributed by atoms with Gasteiger partial charge in [0.2, 0.25) is 0 Å². The fourth-order valence-electron chi connectivity index (χ4n) is 2.81. The van der Waals surface area contributed by atoms with Crippen LogP contribution in [0.2, 0.25) is 0 Å². The van der Waals surface area contributed by atoms with Crippen molar-refractivity contribution in [2.24, 2.45) is 11.8 Å². The molecule has 0 saturated carbocycles. The topological polar surface area (TPSA) is 110 Å². The van der Waals surface area contributed by atoms with Crippen molar-refractivity contribution in [2.45, 2.75) is 90.7 Å². The van der Waals surface area contributed by atoms with Crippen molar-refractivity contribution in [3.8, 4) is 0 Å². The molecule has 0 aromatic rings. The number of ether oxygens (including phenoxy) is 2. The Bertz CT molecular complexity index is 551. The van der Waals surface area contributed by atoms with Gasteiger partial charge in [0.05, 0.1) is 19.6 Å². The molecule has 0 spiro atoms. The number of hydrogen-bond acceptors (Lipinski definition) is 7. The van der Waals surface area contributed by atoms with E-state index in [2.05, 4.69) is 13.8 Å². The molecule has 0 heterocycles. The summed E-state index contributed by atoms with van der Waals surface area (Å²) in [6.07, 6.45) is 6.58. The second-order valence-corrected chi connectivity index (χ2v) is 8.89. The first-order valence-corrected chi connectivity index (χ1v) is 11.9. The number of unbranched alkanes of at least 4 members (excludes halogenated alkanes) is 2. The zero-order chi connectivity index (χ0) is 21.6. The smallest absolute Gasteiger partial charge is 0.747 e. The molecule has 7 nitrogen and oxygen atoms in total. The second kappa shape index (κ2) is 17.5. The molecule has 0 bridgehead atoms. The van der Waals surface area contributed by atoms with E-state index in [0.29, 0.717) is 0 Å². The molecule has 3 atom stereocenters. The van der Waals surface area contributed by atoms with Crippen LogP contribution in [0.25, 0.3) is 0 Å². The van der Waals surface area contributed by atoms with Crippen LogP contribution in [0, 0.1) is 11.8 Å². The maximum absolute atomic E-state index is 12.1. The fourth-order valence-corrected chi connectivity index (χ4v) is 3.46. The SMILES string of the molecule is CCCC[C@@H](CC)COC(=O)CC(C(=O)OC[C@H](CC)CCCC)S(=O)(=O)[O-].[Na+]. The first kappa shape index (κ1) is 31.0. The molecule has 0 saturated heterocycles. The van der Waals surface area contributed by atoms with E-state index in [1.54, 1.807) is 0 Å². The predicted molar refractivity (Wildman–Crippen MR) is 107 cm³/mol. The van der Waals surface area contributed by atoms with Gasteiger partial charge in [0.1, 0.15) is 10.1 Å². The maximum atomic E-state index is 12.1. The van der Waals surface area contributed by atoms with Crippen LogP contribution in [0.4, 0.5) is 0 Å². The molecular weight excluding hydrogens is 407 g/mol. The summed E-state index contributed by atoms with van der Waals surface area (Å²) in [4.78, 5) is 24.1. The molecule has 166 valence electrons. The monoisotopic (exact) mass is 444 g/mol. The zero-order valence-corrected chi connectivity index (χ0v) is 21.6. The quantitative estimate of drug-likeness (QED) is 0.197. The van der Waals surface area contributed by atoms with E-state index in [1.807, 2.05) is 13.8 Å². The van der Waals surface area contributed by atoms with E-state index in [1.165, 1.54) is 0 Å². The minimum Gasteiger partial charge on any atom is -0.747 e. The van der Waals surface area contributed by atoms with E-state index in [4.69, 9.17) is 9.47 Å². The Hall–Kier alpha value is -0.150. The standard InChI is InChI=1S/C20H38O7S.Na/c1-5-9-11-16(7-3)14-26-19(21)13-18(28(23,24)25)20(22)27-15-17(8-4)12-10-6-2;/h16-18H,5-15H2,1-4H3,(H,23,24,25);/q;+1/p-1/t16-,17-,18?;/m1./s1. The van der Waals surface area contributed by atoms with Gasteiger partial charge in [-0.25, -0.2) is 8.42 Å². The Balaban J connectivity index is 0. The summed E-state index contributed by atoms with van der Waals surface area (Å²) in [5.41, 5.74) is 0. The molecule has 1 unspecified atom stereocenters. The fraction of sp³-hybridized carbons (Fsp3) is 0.900. The van der Waals surface area contributed by atoms with Gasteiger partial charge in [-0.05, 0) is 24.7 Å². The normalized spacial score (nSPS) is 14.4. The van der Waals surface area contributed by atoms with E-state index >= 15 is 0 Å². The van der Waals surface area contributed by atoms with E-state index < -0.39 is 33.7 Å². The number of carbonyl (C=O) groups is 2. The average molecular weight is 445 g/mol. The van der Waals surface area contributed by atoms with Crippen molar-refractivity contribution in [1.82, 2.24) is 0 Å². The average Bonchev–Trinajstić information content (AvgIpc) is 2.65. The summed E-state index contributed by atoms with van der Waals surface area (Å²) in [6, 6.07) is 0. The van der Waals surface area contributed by atoms with Crippen LogP contribution in [-0.4, -0.2) is 43.4 Å². The number of carbonyl (C=O) groups excluding carboxylic acids is 2. The Morgan fingerprint density at radius 2 is 1.31 bits per heavy atom. The largest absolute Gasteiger partial charge is 1.00 e. The van der Waals surface area contributed by atoms with Crippen LogP contribution in [-0.2, 0) is 29.2 Å². The first-order chi connectivity index (χ1) is 13.2. The summed E-state index contributed by atoms with van der Waals surface area (Å²) < 4.78 is 44.6. The van der Waals surface area contributed by atoms with E-state index in [0.717, 1.165) is 51.4 Å². The van der Waals surface area contributed by atoms with Crippen molar-refractivity contribution >= 4 is 22.1 Å². The maximum Gasteiger partial charge on any atom is 1.00 e. The van der Waals surface area contributed by atoms with Crippen LogP contribution < -0.4 is 29.6 Å². The van der Waals surface area contributed by atoms with Gasteiger partial charge < -0.3 is 14.0 Å².